The molecule has 20 heavy (non-hydrogen) atoms. The molecule has 104 valence electrons. The summed E-state index contributed by atoms with van der Waals surface area (Å²) in [6, 6.07) is -0.0825. The molecule has 2 aromatic rings. The Morgan fingerprint density at radius 3 is 3.05 bits per heavy atom. The molecule has 2 fully saturated rings. The van der Waals surface area contributed by atoms with Crippen LogP contribution in [0.15, 0.2) is 10.7 Å². The van der Waals surface area contributed by atoms with Crippen molar-refractivity contribution >= 4 is 17.4 Å². The fourth-order valence-corrected chi connectivity index (χ4v) is 3.03. The topological polar surface area (TPSA) is 85.0 Å². The SMILES string of the molecule is O=C(c1cnns1)N1CCCC1c1noc(C2CC2)n1. The van der Waals surface area contributed by atoms with Crippen molar-refractivity contribution in [2.45, 2.75) is 37.6 Å². The van der Waals surface area contributed by atoms with Crippen molar-refractivity contribution in [3.8, 4) is 0 Å². The van der Waals surface area contributed by atoms with Crippen LogP contribution in [0.1, 0.15) is 59.0 Å². The molecule has 2 aromatic heterocycles. The molecule has 1 aliphatic carbocycles. The quantitative estimate of drug-likeness (QED) is 0.857. The van der Waals surface area contributed by atoms with E-state index in [0.717, 1.165) is 43.1 Å². The van der Waals surface area contributed by atoms with Crippen LogP contribution >= 0.6 is 11.5 Å². The van der Waals surface area contributed by atoms with E-state index in [4.69, 9.17) is 4.52 Å². The van der Waals surface area contributed by atoms with Crippen molar-refractivity contribution in [3.05, 3.63) is 22.8 Å². The lowest BCUT2D eigenvalue weighted by Gasteiger charge is -2.20. The Labute approximate surface area is 119 Å². The van der Waals surface area contributed by atoms with E-state index in [2.05, 4.69) is 19.7 Å². The standard InChI is InChI=1S/C12H13N5O2S/c18-12(9-6-13-16-20-9)17-5-1-2-8(17)10-14-11(19-15-10)7-3-4-7/h6-8H,1-5H2. The molecule has 7 nitrogen and oxygen atoms in total. The molecule has 1 aliphatic heterocycles. The molecule has 1 amide bonds. The van der Waals surface area contributed by atoms with Crippen LogP contribution in [0, 0.1) is 0 Å². The second kappa shape index (κ2) is 4.62. The van der Waals surface area contributed by atoms with Gasteiger partial charge in [0.1, 0.15) is 4.88 Å². The van der Waals surface area contributed by atoms with E-state index in [9.17, 15) is 4.79 Å². The van der Waals surface area contributed by atoms with Crippen molar-refractivity contribution < 1.29 is 9.32 Å². The number of amides is 1. The Bertz CT molecular complexity index is 622. The van der Waals surface area contributed by atoms with E-state index in [1.54, 1.807) is 4.90 Å². The summed E-state index contributed by atoms with van der Waals surface area (Å²) in [6.07, 6.45) is 5.59. The van der Waals surface area contributed by atoms with Gasteiger partial charge in [-0.2, -0.15) is 4.98 Å². The van der Waals surface area contributed by atoms with Gasteiger partial charge in [0.2, 0.25) is 5.89 Å². The van der Waals surface area contributed by atoms with Crippen LogP contribution in [0.3, 0.4) is 0 Å². The van der Waals surface area contributed by atoms with E-state index in [0.29, 0.717) is 23.2 Å². The summed E-state index contributed by atoms with van der Waals surface area (Å²) in [4.78, 5) is 19.2. The zero-order valence-electron chi connectivity index (χ0n) is 10.7. The van der Waals surface area contributed by atoms with Crippen LogP contribution in [0.5, 0.6) is 0 Å². The second-order valence-corrected chi connectivity index (χ2v) is 5.99. The first-order valence-corrected chi connectivity index (χ1v) is 7.52. The highest BCUT2D eigenvalue weighted by atomic mass is 32.1. The summed E-state index contributed by atoms with van der Waals surface area (Å²) in [5, 5.41) is 7.78. The lowest BCUT2D eigenvalue weighted by molar-refractivity contribution is 0.0733. The number of aromatic nitrogens is 4. The number of hydrogen-bond donors (Lipinski definition) is 0. The second-order valence-electron chi connectivity index (χ2n) is 5.20. The zero-order valence-corrected chi connectivity index (χ0v) is 11.5. The maximum absolute atomic E-state index is 12.4. The first-order chi connectivity index (χ1) is 9.83. The van der Waals surface area contributed by atoms with Crippen LogP contribution in [0.25, 0.3) is 0 Å². The highest BCUT2D eigenvalue weighted by molar-refractivity contribution is 7.07. The zero-order chi connectivity index (χ0) is 13.5. The first-order valence-electron chi connectivity index (χ1n) is 6.75. The molecule has 1 atom stereocenters. The Balaban J connectivity index is 1.58. The number of nitrogens with zero attached hydrogens (tertiary/aromatic N) is 5. The van der Waals surface area contributed by atoms with Crippen molar-refractivity contribution in [1.82, 2.24) is 24.6 Å². The average Bonchev–Trinajstić information content (AvgIpc) is 2.97. The van der Waals surface area contributed by atoms with Gasteiger partial charge in [-0.1, -0.05) is 9.64 Å². The molecule has 0 aromatic carbocycles. The maximum Gasteiger partial charge on any atom is 0.267 e. The van der Waals surface area contributed by atoms with Crippen LogP contribution in [-0.4, -0.2) is 37.1 Å². The monoisotopic (exact) mass is 291 g/mol. The fraction of sp³-hybridized carbons (Fsp3) is 0.583. The number of likely N-dealkylation sites (tertiary alicyclic amines) is 1. The predicted molar refractivity (Wildman–Crippen MR) is 69.2 cm³/mol. The number of rotatable bonds is 3. The Kier molecular flexibility index (Phi) is 2.76. The minimum Gasteiger partial charge on any atom is -0.339 e. The van der Waals surface area contributed by atoms with Crippen molar-refractivity contribution in [1.29, 1.82) is 0 Å². The lowest BCUT2D eigenvalue weighted by atomic mass is 10.2. The third-order valence-corrected chi connectivity index (χ3v) is 4.42. The van der Waals surface area contributed by atoms with Crippen molar-refractivity contribution in [2.24, 2.45) is 0 Å². The van der Waals surface area contributed by atoms with Gasteiger partial charge in [-0.25, -0.2) is 0 Å². The third kappa shape index (κ3) is 2.00. The van der Waals surface area contributed by atoms with Gasteiger partial charge >= 0.3 is 0 Å². The van der Waals surface area contributed by atoms with Crippen LogP contribution in [-0.2, 0) is 0 Å². The van der Waals surface area contributed by atoms with Crippen LogP contribution in [0.4, 0.5) is 0 Å². The average molecular weight is 291 g/mol. The van der Waals surface area contributed by atoms with E-state index >= 15 is 0 Å². The summed E-state index contributed by atoms with van der Waals surface area (Å²) in [7, 11) is 0. The lowest BCUT2D eigenvalue weighted by Crippen LogP contribution is -2.30. The molecule has 3 heterocycles. The molecule has 4 rings (SSSR count). The Morgan fingerprint density at radius 1 is 1.40 bits per heavy atom. The number of carbonyl (C=O) groups excluding carboxylic acids is 1. The smallest absolute Gasteiger partial charge is 0.267 e. The van der Waals surface area contributed by atoms with E-state index in [-0.39, 0.29) is 11.9 Å². The minimum absolute atomic E-state index is 0.0414. The van der Waals surface area contributed by atoms with Gasteiger partial charge in [-0.15, -0.1) is 5.10 Å². The fourth-order valence-electron chi connectivity index (χ4n) is 2.56. The van der Waals surface area contributed by atoms with Crippen LogP contribution in [0.2, 0.25) is 0 Å². The highest BCUT2D eigenvalue weighted by Crippen LogP contribution is 2.40. The Morgan fingerprint density at radius 2 is 2.30 bits per heavy atom. The van der Waals surface area contributed by atoms with Crippen molar-refractivity contribution in [3.63, 3.8) is 0 Å². The summed E-state index contributed by atoms with van der Waals surface area (Å²) in [5.41, 5.74) is 0. The molecule has 0 radical (unpaired) electrons. The van der Waals surface area contributed by atoms with Gasteiger partial charge in [-0.3, -0.25) is 4.79 Å². The Hall–Kier alpha value is -1.83. The summed E-state index contributed by atoms with van der Waals surface area (Å²) in [5.74, 6) is 1.75. The van der Waals surface area contributed by atoms with E-state index in [1.807, 2.05) is 0 Å². The molecule has 1 saturated carbocycles. The minimum atomic E-state index is -0.0825. The normalized spacial score (nSPS) is 22.4. The van der Waals surface area contributed by atoms with E-state index in [1.165, 1.54) is 6.20 Å². The van der Waals surface area contributed by atoms with Gasteiger partial charge < -0.3 is 9.42 Å². The summed E-state index contributed by atoms with van der Waals surface area (Å²) >= 11 is 1.12. The molecule has 8 heteroatoms. The van der Waals surface area contributed by atoms with Gasteiger partial charge in [0, 0.05) is 12.5 Å². The van der Waals surface area contributed by atoms with Gasteiger partial charge in [0.05, 0.1) is 12.2 Å². The molecule has 0 spiro atoms. The molecule has 2 aliphatic rings. The number of hydrogen-bond acceptors (Lipinski definition) is 7. The van der Waals surface area contributed by atoms with Crippen LogP contribution < -0.4 is 0 Å². The highest BCUT2D eigenvalue weighted by Gasteiger charge is 2.36. The molecule has 0 N–H and O–H groups in total. The summed E-state index contributed by atoms with van der Waals surface area (Å²) in [6.45, 7) is 0.717. The summed E-state index contributed by atoms with van der Waals surface area (Å²) < 4.78 is 9.04. The third-order valence-electron chi connectivity index (χ3n) is 3.77. The molecular formula is C12H13N5O2S. The van der Waals surface area contributed by atoms with Crippen molar-refractivity contribution in [2.75, 3.05) is 6.54 Å². The van der Waals surface area contributed by atoms with Gasteiger partial charge in [0.25, 0.3) is 5.91 Å². The predicted octanol–water partition coefficient (Wildman–Crippen LogP) is 1.78. The van der Waals surface area contributed by atoms with E-state index < -0.39 is 0 Å². The van der Waals surface area contributed by atoms with Gasteiger partial charge in [-0.05, 0) is 37.2 Å². The maximum atomic E-state index is 12.4. The molecular weight excluding hydrogens is 278 g/mol. The molecule has 0 bridgehead atoms. The first kappa shape index (κ1) is 12.0. The molecule has 1 saturated heterocycles. The van der Waals surface area contributed by atoms with Gasteiger partial charge in [0.15, 0.2) is 5.82 Å². The number of carbonyl (C=O) groups is 1. The largest absolute Gasteiger partial charge is 0.339 e. The molecule has 1 unspecified atom stereocenters.